The molecule has 23 heavy (non-hydrogen) atoms. The van der Waals surface area contributed by atoms with Crippen LogP contribution >= 0.6 is 0 Å². The molecular weight excluding hydrogens is 292 g/mol. The second kappa shape index (κ2) is 6.86. The Hall–Kier alpha value is -2.30. The summed E-state index contributed by atoms with van der Waals surface area (Å²) in [7, 11) is 3.18. The number of aryl methyl sites for hydroxylation is 1. The van der Waals surface area contributed by atoms with Crippen LogP contribution in [-0.2, 0) is 7.05 Å². The van der Waals surface area contributed by atoms with E-state index in [4.69, 9.17) is 9.47 Å². The molecule has 3 rings (SSSR count). The van der Waals surface area contributed by atoms with E-state index in [2.05, 4.69) is 5.10 Å². The zero-order valence-electron chi connectivity index (χ0n) is 13.6. The van der Waals surface area contributed by atoms with Gasteiger partial charge in [-0.2, -0.15) is 5.10 Å². The molecule has 1 fully saturated rings. The summed E-state index contributed by atoms with van der Waals surface area (Å²) in [4.78, 5) is 11.8. The molecule has 0 radical (unpaired) electrons. The fourth-order valence-corrected chi connectivity index (χ4v) is 3.04. The lowest BCUT2D eigenvalue weighted by Gasteiger charge is -2.16. The first kappa shape index (κ1) is 15.6. The van der Waals surface area contributed by atoms with Gasteiger partial charge in [-0.25, -0.2) is 4.68 Å². The van der Waals surface area contributed by atoms with Crippen LogP contribution in [0.25, 0.3) is 11.3 Å². The highest BCUT2D eigenvalue weighted by Crippen LogP contribution is 2.34. The third-order valence-corrected chi connectivity index (χ3v) is 4.37. The maximum atomic E-state index is 11.8. The molecule has 5 heteroatoms. The Kier molecular flexibility index (Phi) is 4.65. The highest BCUT2D eigenvalue weighted by molar-refractivity contribution is 5.71. The van der Waals surface area contributed by atoms with E-state index in [0.717, 1.165) is 17.9 Å². The van der Waals surface area contributed by atoms with E-state index >= 15 is 0 Å². The van der Waals surface area contributed by atoms with Crippen molar-refractivity contribution >= 4 is 0 Å². The number of rotatable bonds is 5. The van der Waals surface area contributed by atoms with Crippen molar-refractivity contribution in [3.8, 4) is 22.8 Å². The van der Waals surface area contributed by atoms with Gasteiger partial charge < -0.3 is 9.47 Å². The molecule has 0 saturated heterocycles. The van der Waals surface area contributed by atoms with Gasteiger partial charge >= 0.3 is 0 Å². The number of benzene rings is 1. The molecular formula is C18H22N2O3. The van der Waals surface area contributed by atoms with Gasteiger partial charge in [-0.05, 0) is 30.9 Å². The molecule has 1 aromatic heterocycles. The van der Waals surface area contributed by atoms with Crippen LogP contribution in [0.1, 0.15) is 25.7 Å². The van der Waals surface area contributed by atoms with Gasteiger partial charge in [-0.1, -0.05) is 25.0 Å². The number of hydrogen-bond acceptors (Lipinski definition) is 4. The molecule has 5 nitrogen and oxygen atoms in total. The van der Waals surface area contributed by atoms with Gasteiger partial charge in [-0.15, -0.1) is 0 Å². The van der Waals surface area contributed by atoms with Crippen molar-refractivity contribution in [1.82, 2.24) is 9.78 Å². The molecule has 1 heterocycles. The van der Waals surface area contributed by atoms with Crippen LogP contribution in [0.2, 0.25) is 0 Å². The minimum atomic E-state index is -0.199. The van der Waals surface area contributed by atoms with Crippen molar-refractivity contribution in [2.75, 3.05) is 13.7 Å². The number of ether oxygens (including phenoxy) is 2. The lowest BCUT2D eigenvalue weighted by Crippen LogP contribution is -2.19. The SMILES string of the molecule is COc1cc(=O)n(C)nc1-c1ccccc1OCC1CCCC1. The second-order valence-corrected chi connectivity index (χ2v) is 5.98. The normalized spacial score (nSPS) is 14.9. The molecule has 1 saturated carbocycles. The smallest absolute Gasteiger partial charge is 0.270 e. The number of hydrogen-bond donors (Lipinski definition) is 0. The standard InChI is InChI=1S/C18H22N2O3/c1-20-17(21)11-16(22-2)18(19-20)14-9-5-6-10-15(14)23-12-13-7-3-4-8-13/h5-6,9-11,13H,3-4,7-8,12H2,1-2H3. The summed E-state index contributed by atoms with van der Waals surface area (Å²) in [5.74, 6) is 1.88. The Bertz CT molecular complexity index is 733. The molecule has 0 atom stereocenters. The van der Waals surface area contributed by atoms with E-state index < -0.39 is 0 Å². The van der Waals surface area contributed by atoms with Gasteiger partial charge in [0.1, 0.15) is 11.4 Å². The van der Waals surface area contributed by atoms with Crippen LogP contribution in [-0.4, -0.2) is 23.5 Å². The van der Waals surface area contributed by atoms with Crippen molar-refractivity contribution in [3.05, 3.63) is 40.7 Å². The molecule has 1 aliphatic carbocycles. The minimum absolute atomic E-state index is 0.199. The van der Waals surface area contributed by atoms with E-state index in [1.807, 2.05) is 24.3 Å². The molecule has 1 aliphatic rings. The average Bonchev–Trinajstić information content (AvgIpc) is 3.09. The van der Waals surface area contributed by atoms with E-state index in [-0.39, 0.29) is 5.56 Å². The summed E-state index contributed by atoms with van der Waals surface area (Å²) in [6, 6.07) is 9.22. The monoisotopic (exact) mass is 314 g/mol. The summed E-state index contributed by atoms with van der Waals surface area (Å²) < 4.78 is 12.7. The highest BCUT2D eigenvalue weighted by Gasteiger charge is 2.18. The quantitative estimate of drug-likeness (QED) is 0.851. The lowest BCUT2D eigenvalue weighted by molar-refractivity contribution is 0.253. The third kappa shape index (κ3) is 3.38. The van der Waals surface area contributed by atoms with Crippen LogP contribution in [0, 0.1) is 5.92 Å². The Morgan fingerprint density at radius 1 is 1.22 bits per heavy atom. The fourth-order valence-electron chi connectivity index (χ4n) is 3.04. The Morgan fingerprint density at radius 2 is 1.96 bits per heavy atom. The van der Waals surface area contributed by atoms with Crippen molar-refractivity contribution in [3.63, 3.8) is 0 Å². The molecule has 0 spiro atoms. The van der Waals surface area contributed by atoms with Crippen molar-refractivity contribution in [1.29, 1.82) is 0 Å². The fraction of sp³-hybridized carbons (Fsp3) is 0.444. The minimum Gasteiger partial charge on any atom is -0.494 e. The van der Waals surface area contributed by atoms with Gasteiger partial charge in [0, 0.05) is 18.7 Å². The van der Waals surface area contributed by atoms with Crippen LogP contribution in [0.3, 0.4) is 0 Å². The van der Waals surface area contributed by atoms with Crippen LogP contribution in [0.15, 0.2) is 35.1 Å². The molecule has 2 aromatic rings. The summed E-state index contributed by atoms with van der Waals surface area (Å²) >= 11 is 0. The van der Waals surface area contributed by atoms with Crippen LogP contribution < -0.4 is 15.0 Å². The van der Waals surface area contributed by atoms with Crippen LogP contribution in [0.4, 0.5) is 0 Å². The Balaban J connectivity index is 1.93. The molecule has 0 unspecified atom stereocenters. The van der Waals surface area contributed by atoms with E-state index in [1.54, 1.807) is 14.2 Å². The predicted molar refractivity (Wildman–Crippen MR) is 88.9 cm³/mol. The Morgan fingerprint density at radius 3 is 2.70 bits per heavy atom. The van der Waals surface area contributed by atoms with Crippen molar-refractivity contribution < 1.29 is 9.47 Å². The van der Waals surface area contributed by atoms with E-state index in [1.165, 1.54) is 36.4 Å². The summed E-state index contributed by atoms with van der Waals surface area (Å²) in [5, 5.41) is 4.35. The predicted octanol–water partition coefficient (Wildman–Crippen LogP) is 3.02. The van der Waals surface area contributed by atoms with Gasteiger partial charge in [0.05, 0.1) is 13.7 Å². The average molecular weight is 314 g/mol. The maximum absolute atomic E-state index is 11.8. The number of nitrogens with zero attached hydrogens (tertiary/aromatic N) is 2. The highest BCUT2D eigenvalue weighted by atomic mass is 16.5. The summed E-state index contributed by atoms with van der Waals surface area (Å²) in [5.41, 5.74) is 1.27. The zero-order valence-corrected chi connectivity index (χ0v) is 13.6. The number of para-hydroxylation sites is 1. The molecule has 0 aliphatic heterocycles. The molecule has 0 bridgehead atoms. The summed E-state index contributed by atoms with van der Waals surface area (Å²) in [6.07, 6.45) is 5.07. The lowest BCUT2D eigenvalue weighted by atomic mass is 10.1. The summed E-state index contributed by atoms with van der Waals surface area (Å²) in [6.45, 7) is 0.727. The largest absolute Gasteiger partial charge is 0.494 e. The Labute approximate surface area is 135 Å². The maximum Gasteiger partial charge on any atom is 0.270 e. The third-order valence-electron chi connectivity index (χ3n) is 4.37. The first-order chi connectivity index (χ1) is 11.2. The molecule has 0 amide bonds. The number of aromatic nitrogens is 2. The topological polar surface area (TPSA) is 53.4 Å². The van der Waals surface area contributed by atoms with Gasteiger partial charge in [0.15, 0.2) is 5.75 Å². The zero-order chi connectivity index (χ0) is 16.2. The second-order valence-electron chi connectivity index (χ2n) is 5.98. The first-order valence-corrected chi connectivity index (χ1v) is 8.03. The van der Waals surface area contributed by atoms with Gasteiger partial charge in [0.2, 0.25) is 0 Å². The van der Waals surface area contributed by atoms with E-state index in [9.17, 15) is 4.79 Å². The molecule has 1 aromatic carbocycles. The van der Waals surface area contributed by atoms with Crippen LogP contribution in [0.5, 0.6) is 11.5 Å². The van der Waals surface area contributed by atoms with Crippen molar-refractivity contribution in [2.45, 2.75) is 25.7 Å². The van der Waals surface area contributed by atoms with Crippen molar-refractivity contribution in [2.24, 2.45) is 13.0 Å². The molecule has 0 N–H and O–H groups in total. The first-order valence-electron chi connectivity index (χ1n) is 8.03. The van der Waals surface area contributed by atoms with Gasteiger partial charge in [-0.3, -0.25) is 4.79 Å². The van der Waals surface area contributed by atoms with E-state index in [0.29, 0.717) is 17.4 Å². The molecule has 122 valence electrons. The van der Waals surface area contributed by atoms with Gasteiger partial charge in [0.25, 0.3) is 5.56 Å². The number of methoxy groups -OCH3 is 1.